The lowest BCUT2D eigenvalue weighted by atomic mass is 9.97. The summed E-state index contributed by atoms with van der Waals surface area (Å²) in [4.78, 5) is 26.0. The van der Waals surface area contributed by atoms with Crippen molar-refractivity contribution in [3.05, 3.63) is 64.7 Å². The molecule has 0 heterocycles. The lowest BCUT2D eigenvalue weighted by molar-refractivity contribution is -0.0504. The van der Waals surface area contributed by atoms with Gasteiger partial charge in [0, 0.05) is 16.7 Å². The number of ketones is 2. The minimum atomic E-state index is -2.94. The highest BCUT2D eigenvalue weighted by Gasteiger charge is 2.41. The van der Waals surface area contributed by atoms with Crippen molar-refractivity contribution in [3.63, 3.8) is 0 Å². The van der Waals surface area contributed by atoms with Crippen LogP contribution in [0.25, 0.3) is 0 Å². The molecule has 0 N–H and O–H groups in total. The summed E-state index contributed by atoms with van der Waals surface area (Å²) in [5, 5.41) is 0. The molecule has 0 spiro atoms. The molecule has 0 atom stereocenters. The maximum atomic E-state index is 13.0. The number of hydrogen-bond donors (Lipinski definition) is 0. The molecule has 3 rings (SSSR count). The summed E-state index contributed by atoms with van der Waals surface area (Å²) < 4.78 is 30.1. The van der Waals surface area contributed by atoms with Crippen molar-refractivity contribution in [2.75, 3.05) is 0 Å². The smallest absolute Gasteiger partial charge is 0.387 e. The Morgan fingerprint density at radius 3 is 1.97 bits per heavy atom. The molecule has 35 heavy (non-hydrogen) atoms. The van der Waals surface area contributed by atoms with E-state index in [-0.39, 0.29) is 22.8 Å². The van der Waals surface area contributed by atoms with Gasteiger partial charge in [0.1, 0.15) is 13.8 Å². The lowest BCUT2D eigenvalue weighted by Crippen LogP contribution is -2.43. The monoisotopic (exact) mass is 496 g/mol. The highest BCUT2D eigenvalue weighted by atomic mass is 28.3. The SMILES string of the molecule is CC(C)[Si](C#Cc1cccc(C(=O)C(=O)c2ccc(OC(F)F)c(C3CC3)c2)c1)(C(C)C)C(C)C. The van der Waals surface area contributed by atoms with Gasteiger partial charge in [-0.2, -0.15) is 8.78 Å². The lowest BCUT2D eigenvalue weighted by Gasteiger charge is -2.38. The summed E-state index contributed by atoms with van der Waals surface area (Å²) >= 11 is 0. The second-order valence-electron chi connectivity index (χ2n) is 10.3. The Balaban J connectivity index is 1.89. The van der Waals surface area contributed by atoms with Crippen LogP contribution in [0.2, 0.25) is 16.6 Å². The predicted molar refractivity (Wildman–Crippen MR) is 138 cm³/mol. The molecule has 0 bridgehead atoms. The third-order valence-electron chi connectivity index (χ3n) is 7.13. The van der Waals surface area contributed by atoms with Crippen LogP contribution in [0.4, 0.5) is 8.78 Å². The van der Waals surface area contributed by atoms with Crippen molar-refractivity contribution in [2.24, 2.45) is 0 Å². The van der Waals surface area contributed by atoms with Gasteiger partial charge in [-0.05, 0) is 71.3 Å². The van der Waals surface area contributed by atoms with E-state index in [9.17, 15) is 18.4 Å². The predicted octanol–water partition coefficient (Wildman–Crippen LogP) is 7.80. The van der Waals surface area contributed by atoms with Crippen LogP contribution in [0, 0.1) is 11.5 Å². The van der Waals surface area contributed by atoms with Gasteiger partial charge in [-0.15, -0.1) is 5.54 Å². The van der Waals surface area contributed by atoms with Gasteiger partial charge in [-0.25, -0.2) is 0 Å². The van der Waals surface area contributed by atoms with Crippen LogP contribution in [0.3, 0.4) is 0 Å². The highest BCUT2D eigenvalue weighted by Crippen LogP contribution is 2.45. The van der Waals surface area contributed by atoms with Gasteiger partial charge in [-0.3, -0.25) is 9.59 Å². The second kappa shape index (κ2) is 10.9. The maximum Gasteiger partial charge on any atom is 0.387 e. The zero-order valence-corrected chi connectivity index (χ0v) is 22.3. The van der Waals surface area contributed by atoms with E-state index in [0.717, 1.165) is 12.8 Å². The molecular weight excluding hydrogens is 462 g/mol. The maximum absolute atomic E-state index is 13.0. The molecule has 0 aromatic heterocycles. The fourth-order valence-electron chi connectivity index (χ4n) is 5.22. The van der Waals surface area contributed by atoms with Crippen LogP contribution in [0.5, 0.6) is 5.75 Å². The first-order chi connectivity index (χ1) is 16.5. The Hall–Kier alpha value is -2.78. The van der Waals surface area contributed by atoms with Crippen LogP contribution in [0.1, 0.15) is 92.1 Å². The summed E-state index contributed by atoms with van der Waals surface area (Å²) in [6, 6.07) is 11.1. The third-order valence-corrected chi connectivity index (χ3v) is 13.4. The Morgan fingerprint density at radius 1 is 0.886 bits per heavy atom. The summed E-state index contributed by atoms with van der Waals surface area (Å²) in [6.45, 7) is 10.5. The molecule has 1 saturated carbocycles. The average Bonchev–Trinajstić information content (AvgIpc) is 3.63. The molecule has 2 aromatic carbocycles. The van der Waals surface area contributed by atoms with Gasteiger partial charge in [-0.1, -0.05) is 59.6 Å². The van der Waals surface area contributed by atoms with Crippen molar-refractivity contribution in [1.82, 2.24) is 0 Å². The first-order valence-corrected chi connectivity index (χ1v) is 14.5. The molecule has 186 valence electrons. The fourth-order valence-corrected chi connectivity index (χ4v) is 10.4. The summed E-state index contributed by atoms with van der Waals surface area (Å²) in [6.07, 6.45) is 1.69. The summed E-state index contributed by atoms with van der Waals surface area (Å²) in [7, 11) is -1.94. The molecule has 0 radical (unpaired) electrons. The zero-order valence-electron chi connectivity index (χ0n) is 21.3. The number of rotatable bonds is 9. The Bertz CT molecular complexity index is 1130. The van der Waals surface area contributed by atoms with Gasteiger partial charge >= 0.3 is 6.61 Å². The molecular formula is C29H34F2O3Si. The second-order valence-corrected chi connectivity index (χ2v) is 15.9. The Kier molecular flexibility index (Phi) is 8.32. The van der Waals surface area contributed by atoms with E-state index in [0.29, 0.717) is 27.8 Å². The van der Waals surface area contributed by atoms with E-state index < -0.39 is 26.3 Å². The van der Waals surface area contributed by atoms with Gasteiger partial charge < -0.3 is 4.74 Å². The number of ether oxygens (including phenoxy) is 1. The van der Waals surface area contributed by atoms with Crippen molar-refractivity contribution in [2.45, 2.75) is 83.5 Å². The number of benzene rings is 2. The minimum Gasteiger partial charge on any atom is -0.435 e. The third kappa shape index (κ3) is 5.90. The first-order valence-electron chi connectivity index (χ1n) is 12.3. The van der Waals surface area contributed by atoms with Crippen LogP contribution in [-0.4, -0.2) is 26.3 Å². The Labute approximate surface area is 208 Å². The number of hydrogen-bond acceptors (Lipinski definition) is 3. The molecule has 1 aliphatic carbocycles. The molecule has 6 heteroatoms. The fraction of sp³-hybridized carbons (Fsp3) is 0.448. The quantitative estimate of drug-likeness (QED) is 0.154. The van der Waals surface area contributed by atoms with Gasteiger partial charge in [0.15, 0.2) is 0 Å². The average molecular weight is 497 g/mol. The van der Waals surface area contributed by atoms with Crippen molar-refractivity contribution < 1.29 is 23.1 Å². The molecule has 1 fully saturated rings. The number of carbonyl (C=O) groups is 2. The molecule has 3 nitrogen and oxygen atoms in total. The van der Waals surface area contributed by atoms with E-state index in [1.54, 1.807) is 18.2 Å². The van der Waals surface area contributed by atoms with Crippen molar-refractivity contribution in [3.8, 4) is 17.2 Å². The number of Topliss-reactive ketones (excluding diaryl/α,β-unsaturated/α-hetero) is 2. The largest absolute Gasteiger partial charge is 0.435 e. The van der Waals surface area contributed by atoms with Crippen LogP contribution >= 0.6 is 0 Å². The highest BCUT2D eigenvalue weighted by molar-refractivity contribution is 6.90. The van der Waals surface area contributed by atoms with E-state index in [1.807, 2.05) is 6.07 Å². The minimum absolute atomic E-state index is 0.0666. The van der Waals surface area contributed by atoms with E-state index in [4.69, 9.17) is 0 Å². The van der Waals surface area contributed by atoms with Gasteiger partial charge in [0.25, 0.3) is 0 Å². The molecule has 0 aliphatic heterocycles. The van der Waals surface area contributed by atoms with Gasteiger partial charge in [0.05, 0.1) is 0 Å². The summed E-state index contributed by atoms with van der Waals surface area (Å²) in [5.41, 5.74) is 6.82. The van der Waals surface area contributed by atoms with E-state index in [1.165, 1.54) is 18.2 Å². The summed E-state index contributed by atoms with van der Waals surface area (Å²) in [5.74, 6) is 2.16. The van der Waals surface area contributed by atoms with Crippen LogP contribution in [-0.2, 0) is 0 Å². The normalized spacial score (nSPS) is 13.8. The first kappa shape index (κ1) is 26.8. The number of halogens is 2. The topological polar surface area (TPSA) is 43.4 Å². The molecule has 0 unspecified atom stereocenters. The molecule has 0 saturated heterocycles. The standard InChI is InChI=1S/C29H34F2O3Si/c1-18(2)35(19(3)4,20(5)6)15-14-21-8-7-9-23(16-21)27(32)28(33)24-12-13-26(34-29(30)31)25(17-24)22-10-11-22/h7-9,12-13,16-20,22,29H,10-11H2,1-6H3. The van der Waals surface area contributed by atoms with Crippen molar-refractivity contribution >= 4 is 19.6 Å². The molecule has 0 amide bonds. The van der Waals surface area contributed by atoms with Crippen LogP contribution < -0.4 is 4.74 Å². The van der Waals surface area contributed by atoms with Gasteiger partial charge in [0.2, 0.25) is 11.6 Å². The van der Waals surface area contributed by atoms with E-state index >= 15 is 0 Å². The Morgan fingerprint density at radius 2 is 1.46 bits per heavy atom. The number of carbonyl (C=O) groups excluding carboxylic acids is 2. The molecule has 1 aliphatic rings. The zero-order chi connectivity index (χ0) is 25.9. The van der Waals surface area contributed by atoms with E-state index in [2.05, 4.69) is 57.7 Å². The van der Waals surface area contributed by atoms with Crippen LogP contribution in [0.15, 0.2) is 42.5 Å². The number of alkyl halides is 2. The molecule has 2 aromatic rings. The van der Waals surface area contributed by atoms with Crippen molar-refractivity contribution in [1.29, 1.82) is 0 Å².